The molecule has 2 N–H and O–H groups in total. The van der Waals surface area contributed by atoms with Gasteiger partial charge in [-0.2, -0.15) is 0 Å². The van der Waals surface area contributed by atoms with E-state index < -0.39 is 0 Å². The maximum absolute atomic E-state index is 9.16. The van der Waals surface area contributed by atoms with Gasteiger partial charge in [-0.05, 0) is 44.1 Å². The van der Waals surface area contributed by atoms with Gasteiger partial charge in [-0.3, -0.25) is 4.90 Å². The van der Waals surface area contributed by atoms with Gasteiger partial charge in [0.15, 0.2) is 0 Å². The zero-order valence-corrected chi connectivity index (χ0v) is 12.6. The Labute approximate surface area is 118 Å². The first kappa shape index (κ1) is 15.3. The molecule has 0 aromatic heterocycles. The third-order valence-electron chi connectivity index (χ3n) is 4.90. The van der Waals surface area contributed by atoms with Crippen LogP contribution in [0.2, 0.25) is 0 Å². The summed E-state index contributed by atoms with van der Waals surface area (Å²) in [4.78, 5) is 2.45. The molecule has 1 heterocycles. The van der Waals surface area contributed by atoms with E-state index in [0.717, 1.165) is 24.9 Å². The Bertz CT molecular complexity index is 227. The molecule has 0 bridgehead atoms. The first-order chi connectivity index (χ1) is 9.31. The fraction of sp³-hybridized carbons (Fsp3) is 1.00. The molecular weight excluding hydrogens is 236 g/mol. The van der Waals surface area contributed by atoms with E-state index in [-0.39, 0.29) is 0 Å². The summed E-state index contributed by atoms with van der Waals surface area (Å²) in [7, 11) is 0. The van der Waals surface area contributed by atoms with E-state index in [4.69, 9.17) is 5.11 Å². The van der Waals surface area contributed by atoms with E-state index in [2.05, 4.69) is 17.1 Å². The van der Waals surface area contributed by atoms with Gasteiger partial charge in [0.2, 0.25) is 0 Å². The Morgan fingerprint density at radius 3 is 2.63 bits per heavy atom. The van der Waals surface area contributed by atoms with Crippen LogP contribution < -0.4 is 5.32 Å². The van der Waals surface area contributed by atoms with Crippen molar-refractivity contribution in [2.45, 2.75) is 57.9 Å². The number of nitrogens with one attached hydrogen (secondary N) is 1. The predicted molar refractivity (Wildman–Crippen MR) is 80.3 cm³/mol. The van der Waals surface area contributed by atoms with Crippen LogP contribution in [0.5, 0.6) is 0 Å². The van der Waals surface area contributed by atoms with Crippen molar-refractivity contribution in [3.05, 3.63) is 0 Å². The second kappa shape index (κ2) is 8.23. The number of rotatable bonds is 7. The van der Waals surface area contributed by atoms with E-state index in [1.807, 2.05) is 0 Å². The first-order valence-electron chi connectivity index (χ1n) is 8.38. The molecular formula is C16H32N2O. The number of aliphatic hydroxyl groups is 1. The van der Waals surface area contributed by atoms with E-state index in [1.54, 1.807) is 0 Å². The number of aliphatic hydroxyl groups excluding tert-OH is 1. The number of piperidine rings is 1. The van der Waals surface area contributed by atoms with Gasteiger partial charge in [0, 0.05) is 25.7 Å². The molecule has 1 saturated carbocycles. The van der Waals surface area contributed by atoms with Gasteiger partial charge in [0.25, 0.3) is 0 Å². The molecule has 3 heteroatoms. The van der Waals surface area contributed by atoms with E-state index in [0.29, 0.717) is 12.6 Å². The lowest BCUT2D eigenvalue weighted by molar-refractivity contribution is 0.110. The standard InChI is InChI=1S/C16H32N2O/c1-2-5-15-10-16(13-18(12-15)8-9-19)17-11-14-6-3-4-7-14/h14-17,19H,2-13H2,1H3. The largest absolute Gasteiger partial charge is 0.395 e. The molecule has 1 aliphatic heterocycles. The maximum Gasteiger partial charge on any atom is 0.0558 e. The van der Waals surface area contributed by atoms with Crippen LogP contribution in [0, 0.1) is 11.8 Å². The van der Waals surface area contributed by atoms with Crippen LogP contribution in [0.1, 0.15) is 51.9 Å². The van der Waals surface area contributed by atoms with Gasteiger partial charge in [-0.15, -0.1) is 0 Å². The van der Waals surface area contributed by atoms with Crippen molar-refractivity contribution in [2.75, 3.05) is 32.8 Å². The summed E-state index contributed by atoms with van der Waals surface area (Å²) >= 11 is 0. The summed E-state index contributed by atoms with van der Waals surface area (Å²) in [5.41, 5.74) is 0. The van der Waals surface area contributed by atoms with Crippen molar-refractivity contribution in [2.24, 2.45) is 11.8 Å². The summed E-state index contributed by atoms with van der Waals surface area (Å²) in [6.45, 7) is 6.97. The molecule has 0 radical (unpaired) electrons. The summed E-state index contributed by atoms with van der Waals surface area (Å²) in [6, 6.07) is 0.650. The monoisotopic (exact) mass is 268 g/mol. The van der Waals surface area contributed by atoms with Crippen molar-refractivity contribution in [3.8, 4) is 0 Å². The van der Waals surface area contributed by atoms with Gasteiger partial charge in [0.1, 0.15) is 0 Å². The highest BCUT2D eigenvalue weighted by atomic mass is 16.3. The van der Waals surface area contributed by atoms with Crippen molar-refractivity contribution >= 4 is 0 Å². The molecule has 19 heavy (non-hydrogen) atoms. The van der Waals surface area contributed by atoms with Crippen LogP contribution in [-0.4, -0.2) is 48.8 Å². The van der Waals surface area contributed by atoms with Crippen molar-refractivity contribution in [1.29, 1.82) is 0 Å². The van der Waals surface area contributed by atoms with E-state index in [9.17, 15) is 0 Å². The topological polar surface area (TPSA) is 35.5 Å². The Kier molecular flexibility index (Phi) is 6.62. The minimum absolute atomic E-state index is 0.300. The molecule has 0 aromatic carbocycles. The molecule has 0 aromatic rings. The fourth-order valence-corrected chi connectivity index (χ4v) is 3.94. The van der Waals surface area contributed by atoms with Crippen LogP contribution in [0.4, 0.5) is 0 Å². The predicted octanol–water partition coefficient (Wildman–Crippen LogP) is 2.25. The van der Waals surface area contributed by atoms with E-state index in [1.165, 1.54) is 58.0 Å². The Balaban J connectivity index is 1.76. The number of hydrogen-bond acceptors (Lipinski definition) is 3. The van der Waals surface area contributed by atoms with Gasteiger partial charge in [-0.25, -0.2) is 0 Å². The molecule has 0 spiro atoms. The Hall–Kier alpha value is -0.120. The lowest BCUT2D eigenvalue weighted by Gasteiger charge is -2.38. The quantitative estimate of drug-likeness (QED) is 0.743. The molecule has 2 aliphatic rings. The average molecular weight is 268 g/mol. The van der Waals surface area contributed by atoms with Gasteiger partial charge >= 0.3 is 0 Å². The summed E-state index contributed by atoms with van der Waals surface area (Å²) < 4.78 is 0. The molecule has 2 atom stereocenters. The highest BCUT2D eigenvalue weighted by molar-refractivity contribution is 4.84. The number of β-amino-alcohol motifs (C(OH)–C–C–N with tert-alkyl or cyclic N) is 1. The zero-order chi connectivity index (χ0) is 13.5. The number of likely N-dealkylation sites (tertiary alicyclic amines) is 1. The Morgan fingerprint density at radius 1 is 1.16 bits per heavy atom. The fourth-order valence-electron chi connectivity index (χ4n) is 3.94. The highest BCUT2D eigenvalue weighted by Crippen LogP contribution is 2.25. The van der Waals surface area contributed by atoms with Gasteiger partial charge in [-0.1, -0.05) is 26.2 Å². The van der Waals surface area contributed by atoms with Gasteiger partial charge in [0.05, 0.1) is 6.61 Å². The average Bonchev–Trinajstić information content (AvgIpc) is 2.90. The number of nitrogens with zero attached hydrogens (tertiary/aromatic N) is 1. The van der Waals surface area contributed by atoms with Crippen molar-refractivity contribution in [1.82, 2.24) is 10.2 Å². The summed E-state index contributed by atoms with van der Waals surface area (Å²) in [6.07, 6.45) is 9.69. The van der Waals surface area contributed by atoms with Crippen LogP contribution >= 0.6 is 0 Å². The van der Waals surface area contributed by atoms with E-state index >= 15 is 0 Å². The molecule has 1 saturated heterocycles. The van der Waals surface area contributed by atoms with Gasteiger partial charge < -0.3 is 10.4 Å². The molecule has 3 nitrogen and oxygen atoms in total. The molecule has 2 fully saturated rings. The lowest BCUT2D eigenvalue weighted by atomic mass is 9.90. The summed E-state index contributed by atoms with van der Waals surface area (Å²) in [5, 5.41) is 13.0. The SMILES string of the molecule is CCCC1CC(NCC2CCCC2)CN(CCO)C1. The second-order valence-electron chi connectivity index (χ2n) is 6.63. The highest BCUT2D eigenvalue weighted by Gasteiger charge is 2.27. The lowest BCUT2D eigenvalue weighted by Crippen LogP contribution is -2.50. The van der Waals surface area contributed by atoms with Crippen molar-refractivity contribution in [3.63, 3.8) is 0 Å². The minimum atomic E-state index is 0.300. The maximum atomic E-state index is 9.16. The van der Waals surface area contributed by atoms with Crippen LogP contribution in [-0.2, 0) is 0 Å². The van der Waals surface area contributed by atoms with Crippen LogP contribution in [0.15, 0.2) is 0 Å². The smallest absolute Gasteiger partial charge is 0.0558 e. The summed E-state index contributed by atoms with van der Waals surface area (Å²) in [5.74, 6) is 1.75. The first-order valence-corrected chi connectivity index (χ1v) is 8.38. The molecule has 2 unspecified atom stereocenters. The zero-order valence-electron chi connectivity index (χ0n) is 12.6. The minimum Gasteiger partial charge on any atom is -0.395 e. The van der Waals surface area contributed by atoms with Crippen molar-refractivity contribution < 1.29 is 5.11 Å². The normalized spacial score (nSPS) is 30.0. The second-order valence-corrected chi connectivity index (χ2v) is 6.63. The molecule has 0 amide bonds. The van der Waals surface area contributed by atoms with Crippen LogP contribution in [0.25, 0.3) is 0 Å². The molecule has 1 aliphatic carbocycles. The molecule has 2 rings (SSSR count). The van der Waals surface area contributed by atoms with Crippen LogP contribution in [0.3, 0.4) is 0 Å². The number of hydrogen-bond donors (Lipinski definition) is 2. The third-order valence-corrected chi connectivity index (χ3v) is 4.90. The molecule has 112 valence electrons. The third kappa shape index (κ3) is 5.05. The Morgan fingerprint density at radius 2 is 1.95 bits per heavy atom.